The molecule has 0 heterocycles. The molecular weight excluding hydrogens is 192 g/mol. The Morgan fingerprint density at radius 1 is 1.07 bits per heavy atom. The molecule has 2 N–H and O–H groups in total. The Hall–Kier alpha value is -0.580. The molecule has 0 amide bonds. The molecule has 2 atom stereocenters. The van der Waals surface area contributed by atoms with Crippen molar-refractivity contribution >= 4 is 0 Å². The summed E-state index contributed by atoms with van der Waals surface area (Å²) in [6.07, 6.45) is 3.26. The van der Waals surface area contributed by atoms with E-state index in [1.807, 2.05) is 36.2 Å². The van der Waals surface area contributed by atoms with Gasteiger partial charge in [0.1, 0.15) is 0 Å². The van der Waals surface area contributed by atoms with Gasteiger partial charge in [0.15, 0.2) is 0 Å². The Kier molecular flexibility index (Phi) is 7.38. The second-order valence-corrected chi connectivity index (χ2v) is 4.26. The summed E-state index contributed by atoms with van der Waals surface area (Å²) < 4.78 is 0. The average Bonchev–Trinajstić information content (AvgIpc) is 2.00. The lowest BCUT2D eigenvalue weighted by molar-refractivity contribution is 0.0905. The molecule has 0 aliphatic heterocycles. The molecule has 0 aromatic carbocycles. The molecule has 0 aliphatic carbocycles. The fourth-order valence-corrected chi connectivity index (χ4v) is 1.38. The van der Waals surface area contributed by atoms with Gasteiger partial charge in [-0.2, -0.15) is 0 Å². The fraction of sp³-hybridized carbons (Fsp3) is 0.818. The van der Waals surface area contributed by atoms with Gasteiger partial charge in [0.05, 0.1) is 12.2 Å². The third kappa shape index (κ3) is 9.72. The molecule has 0 rings (SSSR count). The number of hydrogen-bond donors (Lipinski definition) is 2. The van der Waals surface area contributed by atoms with E-state index in [-0.39, 0.29) is 12.2 Å². The van der Waals surface area contributed by atoms with Crippen molar-refractivity contribution < 1.29 is 10.2 Å². The molecule has 2 unspecified atom stereocenters. The van der Waals surface area contributed by atoms with Gasteiger partial charge >= 0.3 is 0 Å². The van der Waals surface area contributed by atoms with E-state index in [4.69, 9.17) is 0 Å². The van der Waals surface area contributed by atoms with Gasteiger partial charge in [0.2, 0.25) is 0 Å². The second kappa shape index (κ2) is 7.68. The van der Waals surface area contributed by atoms with Gasteiger partial charge in [-0.1, -0.05) is 6.08 Å². The summed E-state index contributed by atoms with van der Waals surface area (Å²) in [5, 5.41) is 18.6. The van der Waals surface area contributed by atoms with E-state index >= 15 is 0 Å². The van der Waals surface area contributed by atoms with E-state index in [0.29, 0.717) is 13.1 Å². The molecule has 15 heavy (non-hydrogen) atoms. The van der Waals surface area contributed by atoms with Gasteiger partial charge in [0.25, 0.3) is 0 Å². The zero-order valence-corrected chi connectivity index (χ0v) is 10.2. The van der Waals surface area contributed by atoms with E-state index in [2.05, 4.69) is 0 Å². The first-order valence-corrected chi connectivity index (χ1v) is 5.33. The molecule has 0 radical (unpaired) electrons. The third-order valence-corrected chi connectivity index (χ3v) is 1.81. The van der Waals surface area contributed by atoms with Crippen LogP contribution in [-0.2, 0) is 0 Å². The fourth-order valence-electron chi connectivity index (χ4n) is 1.38. The molecule has 0 fully saturated rings. The number of nitrogens with zero attached hydrogens (tertiary/aromatic N) is 2. The van der Waals surface area contributed by atoms with Crippen molar-refractivity contribution in [3.05, 3.63) is 12.3 Å². The number of hydrogen-bond acceptors (Lipinski definition) is 4. The van der Waals surface area contributed by atoms with E-state index in [9.17, 15) is 10.2 Å². The Labute approximate surface area is 92.8 Å². The topological polar surface area (TPSA) is 46.9 Å². The molecule has 4 heteroatoms. The predicted molar refractivity (Wildman–Crippen MR) is 62.6 cm³/mol. The summed E-state index contributed by atoms with van der Waals surface area (Å²) in [4.78, 5) is 3.98. The van der Waals surface area contributed by atoms with Gasteiger partial charge in [0, 0.05) is 33.7 Å². The quantitative estimate of drug-likeness (QED) is 0.635. The first-order chi connectivity index (χ1) is 6.91. The highest BCUT2D eigenvalue weighted by atomic mass is 16.3. The minimum Gasteiger partial charge on any atom is -0.392 e. The monoisotopic (exact) mass is 216 g/mol. The van der Waals surface area contributed by atoms with Gasteiger partial charge < -0.3 is 15.1 Å². The second-order valence-electron chi connectivity index (χ2n) is 4.26. The lowest BCUT2D eigenvalue weighted by Crippen LogP contribution is -2.36. The molecule has 0 aromatic heterocycles. The first kappa shape index (κ1) is 14.4. The number of rotatable bonds is 7. The highest BCUT2D eigenvalue weighted by Gasteiger charge is 2.09. The first-order valence-electron chi connectivity index (χ1n) is 5.33. The molecular formula is C11H24N2O2. The van der Waals surface area contributed by atoms with Crippen molar-refractivity contribution in [1.29, 1.82) is 0 Å². The largest absolute Gasteiger partial charge is 0.392 e. The summed E-state index contributed by atoms with van der Waals surface area (Å²) in [5.74, 6) is 0. The highest BCUT2D eigenvalue weighted by molar-refractivity contribution is 4.83. The van der Waals surface area contributed by atoms with Crippen LogP contribution in [0, 0.1) is 0 Å². The lowest BCUT2D eigenvalue weighted by Gasteiger charge is -2.23. The summed E-state index contributed by atoms with van der Waals surface area (Å²) in [6.45, 7) is 5.43. The van der Waals surface area contributed by atoms with E-state index in [1.165, 1.54) is 0 Å². The van der Waals surface area contributed by atoms with Crippen LogP contribution in [-0.4, -0.2) is 66.0 Å². The van der Waals surface area contributed by atoms with Crippen LogP contribution >= 0.6 is 0 Å². The molecule has 0 saturated carbocycles. The van der Waals surface area contributed by atoms with Crippen LogP contribution in [0.15, 0.2) is 12.3 Å². The Morgan fingerprint density at radius 3 is 1.87 bits per heavy atom. The number of aliphatic hydroxyl groups is 2. The van der Waals surface area contributed by atoms with Crippen LogP contribution in [0.3, 0.4) is 0 Å². The van der Waals surface area contributed by atoms with Crippen molar-refractivity contribution in [1.82, 2.24) is 9.80 Å². The standard InChI is InChI=1S/C11H24N2O2/c1-10(14)8-13(9-11(2)15)7-5-6-12(3)4/h5-6,10-11,14-15H,7-9H2,1-4H3. The van der Waals surface area contributed by atoms with Gasteiger partial charge in [-0.05, 0) is 20.0 Å². The van der Waals surface area contributed by atoms with Crippen LogP contribution < -0.4 is 0 Å². The van der Waals surface area contributed by atoms with Crippen LogP contribution in [0.25, 0.3) is 0 Å². The zero-order chi connectivity index (χ0) is 11.8. The van der Waals surface area contributed by atoms with Crippen molar-refractivity contribution in [2.24, 2.45) is 0 Å². The van der Waals surface area contributed by atoms with Gasteiger partial charge in [-0.25, -0.2) is 0 Å². The Balaban J connectivity index is 4.00. The van der Waals surface area contributed by atoms with Gasteiger partial charge in [-0.15, -0.1) is 0 Å². The SMILES string of the molecule is CC(O)CN(CC=CN(C)C)CC(C)O. The van der Waals surface area contributed by atoms with E-state index in [0.717, 1.165) is 6.54 Å². The molecule has 90 valence electrons. The minimum atomic E-state index is -0.364. The molecule has 0 aliphatic rings. The van der Waals surface area contributed by atoms with E-state index < -0.39 is 0 Å². The maximum Gasteiger partial charge on any atom is 0.0639 e. The minimum absolute atomic E-state index is 0.364. The number of aliphatic hydroxyl groups excluding tert-OH is 2. The highest BCUT2D eigenvalue weighted by Crippen LogP contribution is 1.96. The van der Waals surface area contributed by atoms with Crippen LogP contribution in [0.2, 0.25) is 0 Å². The molecule has 0 bridgehead atoms. The van der Waals surface area contributed by atoms with Crippen LogP contribution in [0.5, 0.6) is 0 Å². The lowest BCUT2D eigenvalue weighted by atomic mass is 10.3. The molecule has 4 nitrogen and oxygen atoms in total. The van der Waals surface area contributed by atoms with Crippen molar-refractivity contribution in [3.8, 4) is 0 Å². The normalized spacial score (nSPS) is 15.9. The maximum atomic E-state index is 9.29. The Morgan fingerprint density at radius 2 is 1.53 bits per heavy atom. The van der Waals surface area contributed by atoms with Crippen LogP contribution in [0.1, 0.15) is 13.8 Å². The van der Waals surface area contributed by atoms with Crippen LogP contribution in [0.4, 0.5) is 0 Å². The maximum absolute atomic E-state index is 9.29. The average molecular weight is 216 g/mol. The zero-order valence-electron chi connectivity index (χ0n) is 10.2. The predicted octanol–water partition coefficient (Wildman–Crippen LogP) is 0.125. The van der Waals surface area contributed by atoms with Crippen molar-refractivity contribution in [2.45, 2.75) is 26.1 Å². The third-order valence-electron chi connectivity index (χ3n) is 1.81. The van der Waals surface area contributed by atoms with Crippen molar-refractivity contribution in [3.63, 3.8) is 0 Å². The summed E-state index contributed by atoms with van der Waals surface area (Å²) in [6, 6.07) is 0. The Bertz CT molecular complexity index is 169. The summed E-state index contributed by atoms with van der Waals surface area (Å²) >= 11 is 0. The molecule has 0 aromatic rings. The van der Waals surface area contributed by atoms with E-state index in [1.54, 1.807) is 13.8 Å². The van der Waals surface area contributed by atoms with Crippen molar-refractivity contribution in [2.75, 3.05) is 33.7 Å². The van der Waals surface area contributed by atoms with Gasteiger partial charge in [-0.3, -0.25) is 4.90 Å². The summed E-state index contributed by atoms with van der Waals surface area (Å²) in [5.41, 5.74) is 0. The summed E-state index contributed by atoms with van der Waals surface area (Å²) in [7, 11) is 3.92. The molecule has 0 saturated heterocycles. The molecule has 0 spiro atoms. The smallest absolute Gasteiger partial charge is 0.0639 e.